The Labute approximate surface area is 177 Å². The summed E-state index contributed by atoms with van der Waals surface area (Å²) < 4.78 is 13.8. The molecule has 0 aliphatic heterocycles. The Morgan fingerprint density at radius 1 is 1.03 bits per heavy atom. The first kappa shape index (κ1) is 20.5. The maximum absolute atomic E-state index is 13.8. The predicted octanol–water partition coefficient (Wildman–Crippen LogP) is 6.16. The molecule has 1 saturated carbocycles. The highest BCUT2D eigenvalue weighted by atomic mass is 19.1. The standard InChI is InChI=1S/C26H29FN2O/c1-17(26(30)29-18(2)20-6-4-3-5-7-20)19-8-10-21(11-9-19)23-14-15-28-25-13-12-22(27)16-24(23)25/h3-7,12-19,21H,8-11H2,1-2H3,(H,29,30)/t17?,18-,19?,21?/m0/s1. The Morgan fingerprint density at radius 3 is 2.50 bits per heavy atom. The van der Waals surface area contributed by atoms with Crippen LogP contribution in [0.1, 0.15) is 62.6 Å². The molecule has 1 amide bonds. The molecule has 1 aliphatic rings. The third kappa shape index (κ3) is 4.38. The Balaban J connectivity index is 1.38. The normalized spacial score (nSPS) is 21.2. The Hall–Kier alpha value is -2.75. The zero-order valence-corrected chi connectivity index (χ0v) is 17.6. The van der Waals surface area contributed by atoms with Gasteiger partial charge in [0, 0.05) is 17.5 Å². The van der Waals surface area contributed by atoms with Crippen LogP contribution in [0.15, 0.2) is 60.8 Å². The number of nitrogens with one attached hydrogen (secondary N) is 1. The van der Waals surface area contributed by atoms with E-state index < -0.39 is 0 Å². The van der Waals surface area contributed by atoms with E-state index in [1.165, 1.54) is 11.6 Å². The summed E-state index contributed by atoms with van der Waals surface area (Å²) >= 11 is 0. The van der Waals surface area contributed by atoms with Crippen LogP contribution in [-0.2, 0) is 4.79 Å². The van der Waals surface area contributed by atoms with Crippen LogP contribution in [0.25, 0.3) is 10.9 Å². The second-order valence-electron chi connectivity index (χ2n) is 8.60. The molecule has 156 valence electrons. The molecule has 2 aromatic carbocycles. The minimum atomic E-state index is -0.219. The van der Waals surface area contributed by atoms with Gasteiger partial charge in [-0.25, -0.2) is 4.39 Å². The molecular formula is C26H29FN2O. The number of halogens is 1. The maximum atomic E-state index is 13.8. The van der Waals surface area contributed by atoms with Crippen molar-refractivity contribution in [3.63, 3.8) is 0 Å². The lowest BCUT2D eigenvalue weighted by Crippen LogP contribution is -2.36. The van der Waals surface area contributed by atoms with Gasteiger partial charge in [0.15, 0.2) is 0 Å². The highest BCUT2D eigenvalue weighted by Gasteiger charge is 2.30. The van der Waals surface area contributed by atoms with Crippen LogP contribution in [0.5, 0.6) is 0 Å². The van der Waals surface area contributed by atoms with Crippen molar-refractivity contribution in [1.82, 2.24) is 10.3 Å². The van der Waals surface area contributed by atoms with Crippen LogP contribution < -0.4 is 5.32 Å². The fourth-order valence-corrected chi connectivity index (χ4v) is 4.81. The molecule has 30 heavy (non-hydrogen) atoms. The molecule has 0 bridgehead atoms. The highest BCUT2D eigenvalue weighted by Crippen LogP contribution is 2.40. The maximum Gasteiger partial charge on any atom is 0.223 e. The van der Waals surface area contributed by atoms with Gasteiger partial charge in [-0.05, 0) is 79.8 Å². The van der Waals surface area contributed by atoms with Crippen LogP contribution in [0.2, 0.25) is 0 Å². The van der Waals surface area contributed by atoms with E-state index in [0.29, 0.717) is 11.8 Å². The second kappa shape index (κ2) is 8.95. The zero-order chi connectivity index (χ0) is 21.1. The Morgan fingerprint density at radius 2 is 1.77 bits per heavy atom. The lowest BCUT2D eigenvalue weighted by molar-refractivity contribution is -0.127. The number of nitrogens with zero attached hydrogens (tertiary/aromatic N) is 1. The first-order chi connectivity index (χ1) is 14.5. The lowest BCUT2D eigenvalue weighted by atomic mass is 9.73. The topological polar surface area (TPSA) is 42.0 Å². The quantitative estimate of drug-likeness (QED) is 0.553. The predicted molar refractivity (Wildman–Crippen MR) is 119 cm³/mol. The number of pyridine rings is 1. The summed E-state index contributed by atoms with van der Waals surface area (Å²) in [6.45, 7) is 4.08. The molecule has 4 heteroatoms. The second-order valence-corrected chi connectivity index (χ2v) is 8.60. The Kier molecular flexibility index (Phi) is 6.12. The van der Waals surface area contributed by atoms with Crippen molar-refractivity contribution >= 4 is 16.8 Å². The number of carbonyl (C=O) groups excluding carboxylic acids is 1. The van der Waals surface area contributed by atoms with Gasteiger partial charge in [-0.1, -0.05) is 37.3 Å². The van der Waals surface area contributed by atoms with E-state index in [9.17, 15) is 9.18 Å². The van der Waals surface area contributed by atoms with Gasteiger partial charge in [0.05, 0.1) is 11.6 Å². The van der Waals surface area contributed by atoms with Crippen molar-refractivity contribution in [2.24, 2.45) is 11.8 Å². The number of aromatic nitrogens is 1. The van der Waals surface area contributed by atoms with Crippen molar-refractivity contribution in [2.45, 2.75) is 51.5 Å². The average molecular weight is 405 g/mol. The van der Waals surface area contributed by atoms with Gasteiger partial charge >= 0.3 is 0 Å². The smallest absolute Gasteiger partial charge is 0.223 e. The Bertz CT molecular complexity index is 1010. The van der Waals surface area contributed by atoms with Crippen LogP contribution in [0, 0.1) is 17.7 Å². The first-order valence-corrected chi connectivity index (χ1v) is 10.9. The van der Waals surface area contributed by atoms with Gasteiger partial charge in [0.1, 0.15) is 5.82 Å². The fraction of sp³-hybridized carbons (Fsp3) is 0.385. The molecule has 0 radical (unpaired) electrons. The van der Waals surface area contributed by atoms with Crippen molar-refractivity contribution < 1.29 is 9.18 Å². The molecule has 1 heterocycles. The van der Waals surface area contributed by atoms with Gasteiger partial charge in [0.25, 0.3) is 0 Å². The highest BCUT2D eigenvalue weighted by molar-refractivity contribution is 5.82. The lowest BCUT2D eigenvalue weighted by Gasteiger charge is -2.33. The van der Waals surface area contributed by atoms with E-state index in [2.05, 4.69) is 17.2 Å². The number of hydrogen-bond acceptors (Lipinski definition) is 2. The largest absolute Gasteiger partial charge is 0.349 e. The summed E-state index contributed by atoms with van der Waals surface area (Å²) in [6.07, 6.45) is 5.89. The summed E-state index contributed by atoms with van der Waals surface area (Å²) in [4.78, 5) is 17.2. The van der Waals surface area contributed by atoms with Crippen molar-refractivity contribution in [3.8, 4) is 0 Å². The van der Waals surface area contributed by atoms with Crippen molar-refractivity contribution in [2.75, 3.05) is 0 Å². The molecule has 0 saturated heterocycles. The molecular weight excluding hydrogens is 375 g/mol. The van der Waals surface area contributed by atoms with E-state index >= 15 is 0 Å². The van der Waals surface area contributed by atoms with E-state index in [0.717, 1.165) is 42.1 Å². The van der Waals surface area contributed by atoms with Crippen LogP contribution in [0.4, 0.5) is 4.39 Å². The molecule has 0 spiro atoms. The van der Waals surface area contributed by atoms with E-state index in [1.807, 2.05) is 49.5 Å². The van der Waals surface area contributed by atoms with Gasteiger partial charge < -0.3 is 5.32 Å². The summed E-state index contributed by atoms with van der Waals surface area (Å²) in [5.41, 5.74) is 3.16. The number of benzene rings is 2. The number of carbonyl (C=O) groups is 1. The molecule has 2 atom stereocenters. The van der Waals surface area contributed by atoms with Gasteiger partial charge in [0.2, 0.25) is 5.91 Å². The number of hydrogen-bond donors (Lipinski definition) is 1. The van der Waals surface area contributed by atoms with E-state index in [1.54, 1.807) is 12.1 Å². The number of amides is 1. The van der Waals surface area contributed by atoms with Crippen molar-refractivity contribution in [3.05, 3.63) is 77.7 Å². The fourth-order valence-electron chi connectivity index (χ4n) is 4.81. The SMILES string of the molecule is CC(C(=O)N[C@@H](C)c1ccccc1)C1CCC(c2ccnc3ccc(F)cc23)CC1. The molecule has 4 rings (SSSR count). The molecule has 1 aromatic heterocycles. The molecule has 1 aliphatic carbocycles. The minimum Gasteiger partial charge on any atom is -0.349 e. The summed E-state index contributed by atoms with van der Waals surface area (Å²) in [6, 6.07) is 16.9. The molecule has 3 nitrogen and oxygen atoms in total. The molecule has 1 N–H and O–H groups in total. The monoisotopic (exact) mass is 404 g/mol. The summed E-state index contributed by atoms with van der Waals surface area (Å²) in [5, 5.41) is 4.10. The van der Waals surface area contributed by atoms with Gasteiger partial charge in [-0.3, -0.25) is 9.78 Å². The van der Waals surface area contributed by atoms with Gasteiger partial charge in [-0.15, -0.1) is 0 Å². The average Bonchev–Trinajstić information content (AvgIpc) is 2.78. The third-order valence-electron chi connectivity index (χ3n) is 6.73. The first-order valence-electron chi connectivity index (χ1n) is 10.9. The van der Waals surface area contributed by atoms with Crippen LogP contribution in [-0.4, -0.2) is 10.9 Å². The van der Waals surface area contributed by atoms with Crippen LogP contribution in [0.3, 0.4) is 0 Å². The summed E-state index contributed by atoms with van der Waals surface area (Å²) in [7, 11) is 0. The number of rotatable bonds is 5. The molecule has 1 unspecified atom stereocenters. The van der Waals surface area contributed by atoms with E-state index in [4.69, 9.17) is 0 Å². The zero-order valence-electron chi connectivity index (χ0n) is 17.6. The van der Waals surface area contributed by atoms with Crippen LogP contribution >= 0.6 is 0 Å². The third-order valence-corrected chi connectivity index (χ3v) is 6.73. The van der Waals surface area contributed by atoms with Gasteiger partial charge in [-0.2, -0.15) is 0 Å². The number of fused-ring (bicyclic) bond motifs is 1. The molecule has 1 fully saturated rings. The molecule has 3 aromatic rings. The summed E-state index contributed by atoms with van der Waals surface area (Å²) in [5.74, 6) is 0.680. The minimum absolute atomic E-state index is 0.00979. The van der Waals surface area contributed by atoms with Crippen molar-refractivity contribution in [1.29, 1.82) is 0 Å². The van der Waals surface area contributed by atoms with E-state index in [-0.39, 0.29) is 23.7 Å².